The Labute approximate surface area is 105 Å². The fraction of sp³-hybridized carbons (Fsp3) is 0.727. The molecule has 6 heteroatoms. The van der Waals surface area contributed by atoms with Gasteiger partial charge < -0.3 is 5.32 Å². The van der Waals surface area contributed by atoms with Crippen LogP contribution in [-0.4, -0.2) is 32.7 Å². The molecule has 94 valence electrons. The van der Waals surface area contributed by atoms with Gasteiger partial charge >= 0.3 is 0 Å². The molecule has 1 saturated carbocycles. The second-order valence-electron chi connectivity index (χ2n) is 4.25. The molecular weight excluding hydrogens is 236 g/mol. The first-order valence-electron chi connectivity index (χ1n) is 5.92. The van der Waals surface area contributed by atoms with E-state index in [2.05, 4.69) is 15.4 Å². The second kappa shape index (κ2) is 5.53. The molecule has 1 amide bonds. The largest absolute Gasteiger partial charge is 0.345 e. The second-order valence-corrected chi connectivity index (χ2v) is 5.12. The molecule has 0 aliphatic heterocycles. The highest BCUT2D eigenvalue weighted by Gasteiger charge is 2.36. The number of thioether (sulfide) groups is 1. The van der Waals surface area contributed by atoms with E-state index in [0.717, 1.165) is 12.4 Å². The molecular formula is C11H18N4OS. The minimum Gasteiger partial charge on any atom is -0.345 e. The average molecular weight is 254 g/mol. The lowest BCUT2D eigenvalue weighted by molar-refractivity contribution is -0.119. The summed E-state index contributed by atoms with van der Waals surface area (Å²) in [5, 5.41) is 7.24. The molecule has 0 saturated heterocycles. The number of carbonyl (C=O) groups is 1. The van der Waals surface area contributed by atoms with Gasteiger partial charge in [0.25, 0.3) is 0 Å². The number of aryl methyl sites for hydroxylation is 1. The Balaban J connectivity index is 2.09. The number of amides is 1. The van der Waals surface area contributed by atoms with Gasteiger partial charge in [-0.15, -0.1) is 0 Å². The van der Waals surface area contributed by atoms with Gasteiger partial charge in [0.1, 0.15) is 12.2 Å². The van der Waals surface area contributed by atoms with Gasteiger partial charge in [0.15, 0.2) is 0 Å². The molecule has 5 nitrogen and oxygen atoms in total. The zero-order valence-electron chi connectivity index (χ0n) is 10.2. The van der Waals surface area contributed by atoms with E-state index < -0.39 is 0 Å². The first kappa shape index (κ1) is 12.4. The summed E-state index contributed by atoms with van der Waals surface area (Å²) in [7, 11) is 0. The molecule has 1 N–H and O–H groups in total. The van der Waals surface area contributed by atoms with Crippen LogP contribution >= 0.6 is 11.8 Å². The Morgan fingerprint density at radius 2 is 2.47 bits per heavy atom. The van der Waals surface area contributed by atoms with Gasteiger partial charge in [-0.1, -0.05) is 0 Å². The molecule has 1 aromatic heterocycles. The number of aromatic nitrogens is 3. The zero-order chi connectivity index (χ0) is 12.3. The van der Waals surface area contributed by atoms with Gasteiger partial charge in [0, 0.05) is 6.54 Å². The molecule has 2 rings (SSSR count). The summed E-state index contributed by atoms with van der Waals surface area (Å²) in [5.74, 6) is 2.02. The highest BCUT2D eigenvalue weighted by atomic mass is 32.2. The van der Waals surface area contributed by atoms with E-state index in [1.54, 1.807) is 6.33 Å². The van der Waals surface area contributed by atoms with Crippen LogP contribution < -0.4 is 5.32 Å². The summed E-state index contributed by atoms with van der Waals surface area (Å²) in [6.07, 6.45) is 5.83. The van der Waals surface area contributed by atoms with Crippen molar-refractivity contribution < 1.29 is 4.79 Å². The fourth-order valence-electron chi connectivity index (χ4n) is 1.93. The number of rotatable bonds is 6. The molecule has 1 aliphatic carbocycles. The van der Waals surface area contributed by atoms with Gasteiger partial charge in [0.2, 0.25) is 5.91 Å². The number of nitrogens with one attached hydrogen (secondary N) is 1. The Hall–Kier alpha value is -1.04. The summed E-state index contributed by atoms with van der Waals surface area (Å²) in [4.78, 5) is 16.0. The highest BCUT2D eigenvalue weighted by Crippen LogP contribution is 2.40. The van der Waals surface area contributed by atoms with E-state index >= 15 is 0 Å². The van der Waals surface area contributed by atoms with E-state index in [0.29, 0.717) is 11.7 Å². The van der Waals surface area contributed by atoms with Gasteiger partial charge in [-0.05, 0) is 31.9 Å². The van der Waals surface area contributed by atoms with Gasteiger partial charge in [0.05, 0.1) is 11.8 Å². The minimum absolute atomic E-state index is 0.0390. The number of carbonyl (C=O) groups excluding carboxylic acids is 1. The Morgan fingerprint density at radius 3 is 3.06 bits per heavy atom. The quantitative estimate of drug-likeness (QED) is 0.829. The average Bonchev–Trinajstić information content (AvgIpc) is 3.04. The number of nitrogens with zero attached hydrogens (tertiary/aromatic N) is 3. The summed E-state index contributed by atoms with van der Waals surface area (Å²) < 4.78 is 1.86. The van der Waals surface area contributed by atoms with Gasteiger partial charge in [-0.25, -0.2) is 9.67 Å². The number of hydrogen-bond donors (Lipinski definition) is 1. The molecule has 0 unspecified atom stereocenters. The van der Waals surface area contributed by atoms with Crippen LogP contribution in [0.2, 0.25) is 0 Å². The summed E-state index contributed by atoms with van der Waals surface area (Å²) in [5.41, 5.74) is 0. The Bertz CT molecular complexity index is 389. The third kappa shape index (κ3) is 3.00. The molecule has 0 aromatic carbocycles. The molecule has 0 radical (unpaired) electrons. The molecule has 1 heterocycles. The molecule has 1 fully saturated rings. The van der Waals surface area contributed by atoms with Crippen LogP contribution in [0.3, 0.4) is 0 Å². The van der Waals surface area contributed by atoms with Crippen molar-refractivity contribution in [1.82, 2.24) is 20.1 Å². The van der Waals surface area contributed by atoms with Crippen LogP contribution in [0, 0.1) is 5.92 Å². The summed E-state index contributed by atoms with van der Waals surface area (Å²) in [6.45, 7) is 2.82. The first-order chi connectivity index (χ1) is 8.26. The third-order valence-corrected chi connectivity index (χ3v) is 3.46. The monoisotopic (exact) mass is 254 g/mol. The molecule has 1 aliphatic rings. The van der Waals surface area contributed by atoms with Crippen molar-refractivity contribution in [2.45, 2.75) is 32.4 Å². The SMILES string of the molecule is CCn1ncnc1[C@@H](NC(=O)CSC)C1CC1. The van der Waals surface area contributed by atoms with Crippen molar-refractivity contribution in [2.24, 2.45) is 5.92 Å². The summed E-state index contributed by atoms with van der Waals surface area (Å²) >= 11 is 1.54. The smallest absolute Gasteiger partial charge is 0.230 e. The van der Waals surface area contributed by atoms with Crippen LogP contribution in [0.15, 0.2) is 6.33 Å². The lowest BCUT2D eigenvalue weighted by Crippen LogP contribution is -2.33. The van der Waals surface area contributed by atoms with Gasteiger partial charge in [-0.2, -0.15) is 16.9 Å². The van der Waals surface area contributed by atoms with E-state index in [1.165, 1.54) is 24.6 Å². The van der Waals surface area contributed by atoms with Crippen LogP contribution in [0.4, 0.5) is 0 Å². The highest BCUT2D eigenvalue weighted by molar-refractivity contribution is 7.99. The van der Waals surface area contributed by atoms with Crippen molar-refractivity contribution in [2.75, 3.05) is 12.0 Å². The maximum Gasteiger partial charge on any atom is 0.230 e. The third-order valence-electron chi connectivity index (χ3n) is 2.91. The van der Waals surface area contributed by atoms with Crippen LogP contribution in [0.5, 0.6) is 0 Å². The topological polar surface area (TPSA) is 59.8 Å². The minimum atomic E-state index is 0.0390. The molecule has 0 bridgehead atoms. The summed E-state index contributed by atoms with van der Waals surface area (Å²) in [6, 6.07) is 0.0390. The lowest BCUT2D eigenvalue weighted by Gasteiger charge is -2.17. The first-order valence-corrected chi connectivity index (χ1v) is 7.31. The van der Waals surface area contributed by atoms with E-state index in [-0.39, 0.29) is 11.9 Å². The van der Waals surface area contributed by atoms with E-state index in [1.807, 2.05) is 17.9 Å². The molecule has 17 heavy (non-hydrogen) atoms. The molecule has 0 spiro atoms. The fourth-order valence-corrected chi connectivity index (χ4v) is 2.27. The van der Waals surface area contributed by atoms with Crippen molar-refractivity contribution in [3.63, 3.8) is 0 Å². The van der Waals surface area contributed by atoms with Crippen LogP contribution in [-0.2, 0) is 11.3 Å². The zero-order valence-corrected chi connectivity index (χ0v) is 11.0. The van der Waals surface area contributed by atoms with Crippen molar-refractivity contribution in [3.05, 3.63) is 12.2 Å². The van der Waals surface area contributed by atoms with Gasteiger partial charge in [-0.3, -0.25) is 4.79 Å². The van der Waals surface area contributed by atoms with Crippen LogP contribution in [0.25, 0.3) is 0 Å². The predicted octanol–water partition coefficient (Wildman–Crippen LogP) is 1.23. The van der Waals surface area contributed by atoms with E-state index in [4.69, 9.17) is 0 Å². The Kier molecular flexibility index (Phi) is 4.04. The van der Waals surface area contributed by atoms with Crippen molar-refractivity contribution in [1.29, 1.82) is 0 Å². The van der Waals surface area contributed by atoms with Crippen molar-refractivity contribution >= 4 is 17.7 Å². The molecule has 1 aromatic rings. The Morgan fingerprint density at radius 1 is 1.71 bits per heavy atom. The number of hydrogen-bond acceptors (Lipinski definition) is 4. The standard InChI is InChI=1S/C11H18N4OS/c1-3-15-11(12-7-13-15)10(8-4-5-8)14-9(16)6-17-2/h7-8,10H,3-6H2,1-2H3,(H,14,16)/t10-/m0/s1. The van der Waals surface area contributed by atoms with Crippen molar-refractivity contribution in [3.8, 4) is 0 Å². The lowest BCUT2D eigenvalue weighted by atomic mass is 10.1. The maximum atomic E-state index is 11.7. The molecule has 1 atom stereocenters. The van der Waals surface area contributed by atoms with E-state index in [9.17, 15) is 4.79 Å². The normalized spacial score (nSPS) is 16.8. The predicted molar refractivity (Wildman–Crippen MR) is 67.7 cm³/mol. The van der Waals surface area contributed by atoms with Crippen LogP contribution in [0.1, 0.15) is 31.6 Å². The maximum absolute atomic E-state index is 11.7.